The van der Waals surface area contributed by atoms with Crippen LogP contribution in [-0.4, -0.2) is 22.1 Å². The number of aromatic nitrogens is 1. The van der Waals surface area contributed by atoms with E-state index in [0.29, 0.717) is 17.1 Å². The third-order valence-electron chi connectivity index (χ3n) is 2.96. The van der Waals surface area contributed by atoms with Gasteiger partial charge in [0.1, 0.15) is 5.69 Å². The Kier molecular flexibility index (Phi) is 5.49. The summed E-state index contributed by atoms with van der Waals surface area (Å²) in [5.74, 6) is 0.0815. The molecule has 1 aromatic carbocycles. The minimum Gasteiger partial charge on any atom is -0.473 e. The van der Waals surface area contributed by atoms with Crippen molar-refractivity contribution >= 4 is 11.6 Å². The van der Waals surface area contributed by atoms with E-state index in [0.717, 1.165) is 0 Å². The van der Waals surface area contributed by atoms with Gasteiger partial charge in [-0.05, 0) is 31.5 Å². The van der Waals surface area contributed by atoms with Gasteiger partial charge in [0.2, 0.25) is 11.8 Å². The molecular formula is C17H20N2O3. The number of ether oxygens (including phenoxy) is 1. The molecule has 5 heteroatoms. The van der Waals surface area contributed by atoms with E-state index in [1.807, 2.05) is 32.0 Å². The molecule has 1 atom stereocenters. The van der Waals surface area contributed by atoms with Crippen molar-refractivity contribution in [2.75, 3.05) is 5.32 Å². The third kappa shape index (κ3) is 4.56. The summed E-state index contributed by atoms with van der Waals surface area (Å²) in [5, 5.41) is 12.8. The minimum atomic E-state index is -0.840. The molecule has 0 aliphatic rings. The number of hydrogen-bond acceptors (Lipinski definition) is 4. The molecule has 1 amide bonds. The van der Waals surface area contributed by atoms with Crippen LogP contribution in [0.2, 0.25) is 0 Å². The number of benzene rings is 1. The van der Waals surface area contributed by atoms with Crippen LogP contribution in [0.4, 0.5) is 5.69 Å². The molecule has 2 aromatic rings. The first kappa shape index (κ1) is 16.0. The van der Waals surface area contributed by atoms with Crippen LogP contribution in [0.1, 0.15) is 31.9 Å². The van der Waals surface area contributed by atoms with Gasteiger partial charge in [0, 0.05) is 6.20 Å². The molecule has 22 heavy (non-hydrogen) atoms. The van der Waals surface area contributed by atoms with Gasteiger partial charge in [-0.3, -0.25) is 4.79 Å². The van der Waals surface area contributed by atoms with E-state index < -0.39 is 6.10 Å². The summed E-state index contributed by atoms with van der Waals surface area (Å²) in [6, 6.07) is 12.5. The number of amides is 1. The number of nitrogens with zero attached hydrogens (tertiary/aromatic N) is 1. The van der Waals surface area contributed by atoms with Gasteiger partial charge in [-0.25, -0.2) is 4.98 Å². The lowest BCUT2D eigenvalue weighted by Crippen LogP contribution is -2.17. The highest BCUT2D eigenvalue weighted by molar-refractivity contribution is 5.92. The molecule has 1 heterocycles. The highest BCUT2D eigenvalue weighted by Crippen LogP contribution is 2.23. The zero-order valence-corrected chi connectivity index (χ0v) is 12.7. The number of carbonyl (C=O) groups is 1. The van der Waals surface area contributed by atoms with Gasteiger partial charge in [-0.2, -0.15) is 0 Å². The number of carbonyl (C=O) groups excluding carboxylic acids is 1. The minimum absolute atomic E-state index is 0.0278. The molecule has 116 valence electrons. The van der Waals surface area contributed by atoms with Crippen molar-refractivity contribution in [1.82, 2.24) is 4.98 Å². The van der Waals surface area contributed by atoms with Gasteiger partial charge >= 0.3 is 0 Å². The van der Waals surface area contributed by atoms with Gasteiger partial charge in [0.25, 0.3) is 0 Å². The molecule has 0 saturated heterocycles. The lowest BCUT2D eigenvalue weighted by atomic mass is 10.1. The van der Waals surface area contributed by atoms with Crippen molar-refractivity contribution in [3.8, 4) is 5.88 Å². The van der Waals surface area contributed by atoms with Crippen LogP contribution in [0.3, 0.4) is 0 Å². The van der Waals surface area contributed by atoms with E-state index in [1.165, 1.54) is 0 Å². The molecule has 0 aliphatic carbocycles. The Bertz CT molecular complexity index is 614. The third-order valence-corrected chi connectivity index (χ3v) is 2.96. The maximum Gasteiger partial charge on any atom is 0.238 e. The quantitative estimate of drug-likeness (QED) is 0.860. The highest BCUT2D eigenvalue weighted by Gasteiger charge is 2.15. The molecular weight excluding hydrogens is 280 g/mol. The van der Waals surface area contributed by atoms with E-state index in [4.69, 9.17) is 4.74 Å². The molecule has 0 fully saturated rings. The normalized spacial score (nSPS) is 12.0. The van der Waals surface area contributed by atoms with Crippen molar-refractivity contribution in [2.24, 2.45) is 0 Å². The van der Waals surface area contributed by atoms with Crippen molar-refractivity contribution in [3.05, 3.63) is 54.2 Å². The average Bonchev–Trinajstić information content (AvgIpc) is 2.49. The van der Waals surface area contributed by atoms with Gasteiger partial charge in [0.05, 0.1) is 18.6 Å². The number of pyridine rings is 1. The first-order valence-corrected chi connectivity index (χ1v) is 7.21. The molecule has 0 saturated carbocycles. The fourth-order valence-corrected chi connectivity index (χ4v) is 1.97. The molecule has 0 aliphatic heterocycles. The van der Waals surface area contributed by atoms with Crippen LogP contribution < -0.4 is 10.1 Å². The summed E-state index contributed by atoms with van der Waals surface area (Å²) >= 11 is 0. The zero-order valence-electron chi connectivity index (χ0n) is 12.7. The summed E-state index contributed by atoms with van der Waals surface area (Å²) in [6.45, 7) is 3.78. The molecule has 1 unspecified atom stereocenters. The van der Waals surface area contributed by atoms with E-state index in [1.54, 1.807) is 30.5 Å². The molecule has 0 spiro atoms. The summed E-state index contributed by atoms with van der Waals surface area (Å²) in [4.78, 5) is 16.2. The predicted octanol–water partition coefficient (Wildman–Crippen LogP) is 2.93. The molecule has 2 rings (SSSR count). The van der Waals surface area contributed by atoms with Crippen LogP contribution in [0.15, 0.2) is 48.7 Å². The van der Waals surface area contributed by atoms with E-state index in [9.17, 15) is 9.90 Å². The number of nitrogens with one attached hydrogen (secondary N) is 1. The maximum absolute atomic E-state index is 12.1. The smallest absolute Gasteiger partial charge is 0.238 e. The molecule has 2 N–H and O–H groups in total. The van der Waals surface area contributed by atoms with E-state index >= 15 is 0 Å². The van der Waals surface area contributed by atoms with Crippen molar-refractivity contribution in [3.63, 3.8) is 0 Å². The van der Waals surface area contributed by atoms with E-state index in [-0.39, 0.29) is 18.4 Å². The molecule has 0 radical (unpaired) electrons. The number of anilines is 1. The maximum atomic E-state index is 12.1. The Morgan fingerprint density at radius 1 is 1.23 bits per heavy atom. The first-order chi connectivity index (χ1) is 10.6. The lowest BCUT2D eigenvalue weighted by molar-refractivity contribution is -0.118. The second-order valence-corrected chi connectivity index (χ2v) is 5.20. The zero-order chi connectivity index (χ0) is 15.9. The largest absolute Gasteiger partial charge is 0.473 e. The second-order valence-electron chi connectivity index (χ2n) is 5.20. The van der Waals surface area contributed by atoms with Crippen LogP contribution in [-0.2, 0) is 4.79 Å². The van der Waals surface area contributed by atoms with Gasteiger partial charge in [-0.15, -0.1) is 0 Å². The summed E-state index contributed by atoms with van der Waals surface area (Å²) in [5.41, 5.74) is 1.21. The second kappa shape index (κ2) is 7.56. The van der Waals surface area contributed by atoms with Crippen molar-refractivity contribution in [2.45, 2.75) is 32.5 Å². The Morgan fingerprint density at radius 2 is 1.95 bits per heavy atom. The number of hydrogen-bond donors (Lipinski definition) is 2. The van der Waals surface area contributed by atoms with Gasteiger partial charge in [-0.1, -0.05) is 30.3 Å². The van der Waals surface area contributed by atoms with Crippen molar-refractivity contribution < 1.29 is 14.6 Å². The lowest BCUT2D eigenvalue weighted by Gasteiger charge is -2.15. The average molecular weight is 300 g/mol. The van der Waals surface area contributed by atoms with Crippen LogP contribution in [0.25, 0.3) is 0 Å². The summed E-state index contributed by atoms with van der Waals surface area (Å²) in [6.07, 6.45) is 0.694. The summed E-state index contributed by atoms with van der Waals surface area (Å²) in [7, 11) is 0. The Labute approximate surface area is 130 Å². The van der Waals surface area contributed by atoms with Crippen LogP contribution in [0, 0.1) is 0 Å². The monoisotopic (exact) mass is 300 g/mol. The first-order valence-electron chi connectivity index (χ1n) is 7.21. The number of aliphatic hydroxyl groups excluding tert-OH is 1. The molecule has 0 bridgehead atoms. The van der Waals surface area contributed by atoms with Crippen molar-refractivity contribution in [1.29, 1.82) is 0 Å². The number of aliphatic hydroxyl groups is 1. The molecule has 1 aromatic heterocycles. The SMILES string of the molecule is CC(C)Oc1ncccc1NC(=O)CC(O)c1ccccc1. The summed E-state index contributed by atoms with van der Waals surface area (Å²) < 4.78 is 5.55. The van der Waals surface area contributed by atoms with Gasteiger partial charge < -0.3 is 15.2 Å². The Hall–Kier alpha value is -2.40. The standard InChI is InChI=1S/C17H20N2O3/c1-12(2)22-17-14(9-6-10-18-17)19-16(21)11-15(20)13-7-4-3-5-8-13/h3-10,12,15,20H,11H2,1-2H3,(H,19,21). The van der Waals surface area contributed by atoms with Gasteiger partial charge in [0.15, 0.2) is 0 Å². The Balaban J connectivity index is 2.00. The van der Waals surface area contributed by atoms with Crippen LogP contribution >= 0.6 is 0 Å². The fraction of sp³-hybridized carbons (Fsp3) is 0.294. The number of rotatable bonds is 6. The highest BCUT2D eigenvalue weighted by atomic mass is 16.5. The Morgan fingerprint density at radius 3 is 2.64 bits per heavy atom. The van der Waals surface area contributed by atoms with Crippen LogP contribution in [0.5, 0.6) is 5.88 Å². The van der Waals surface area contributed by atoms with E-state index in [2.05, 4.69) is 10.3 Å². The molecule has 5 nitrogen and oxygen atoms in total. The topological polar surface area (TPSA) is 71.5 Å². The predicted molar refractivity (Wildman–Crippen MR) is 84.6 cm³/mol. The fourth-order valence-electron chi connectivity index (χ4n) is 1.97.